The lowest BCUT2D eigenvalue weighted by Crippen LogP contribution is -2.48. The Hall–Kier alpha value is -3.01. The number of amides is 1. The number of aliphatic carboxylic acids is 2. The number of piperidine rings is 1. The highest BCUT2D eigenvalue weighted by molar-refractivity contribution is 5.80. The molecule has 1 saturated carbocycles. The lowest BCUT2D eigenvalue weighted by molar-refractivity contribution is -0.193. The fourth-order valence-electron chi connectivity index (χ4n) is 5.09. The Morgan fingerprint density at radius 1 is 1.05 bits per heavy atom. The summed E-state index contributed by atoms with van der Waals surface area (Å²) in [5, 5.41) is 14.2. The molecule has 16 heteroatoms. The van der Waals surface area contributed by atoms with Crippen LogP contribution in [0.2, 0.25) is 0 Å². The lowest BCUT2D eigenvalue weighted by Gasteiger charge is -2.42. The van der Waals surface area contributed by atoms with Crippen LogP contribution in [0.4, 0.5) is 30.7 Å². The van der Waals surface area contributed by atoms with Gasteiger partial charge in [-0.05, 0) is 49.1 Å². The summed E-state index contributed by atoms with van der Waals surface area (Å²) in [7, 11) is 1.77. The van der Waals surface area contributed by atoms with Crippen LogP contribution in [-0.4, -0.2) is 101 Å². The average Bonchev–Trinajstić information content (AvgIpc) is 3.18. The number of carbonyl (C=O) groups excluding carboxylic acids is 1. The Labute approximate surface area is 231 Å². The summed E-state index contributed by atoms with van der Waals surface area (Å²) in [6.07, 6.45) is -3.14. The van der Waals surface area contributed by atoms with Crippen molar-refractivity contribution in [3.8, 4) is 0 Å². The largest absolute Gasteiger partial charge is 0.490 e. The first-order chi connectivity index (χ1) is 19.0. The van der Waals surface area contributed by atoms with Crippen molar-refractivity contribution >= 4 is 17.8 Å². The number of carboxylic acid groups (broad SMARTS) is 2. The molecule has 3 fully saturated rings. The van der Waals surface area contributed by atoms with Crippen molar-refractivity contribution in [2.45, 2.75) is 63.2 Å². The molecule has 0 aromatic carbocycles. The molecular formula is C25H32F7N3O6. The fourth-order valence-corrected chi connectivity index (χ4v) is 5.09. The van der Waals surface area contributed by atoms with Crippen molar-refractivity contribution < 1.29 is 60.1 Å². The molecule has 1 aromatic rings. The molecule has 3 heterocycles. The topological polar surface area (TPSA) is 120 Å². The van der Waals surface area contributed by atoms with E-state index in [1.807, 2.05) is 23.4 Å². The van der Waals surface area contributed by atoms with E-state index in [0.717, 1.165) is 52.0 Å². The number of likely N-dealkylation sites (tertiary alicyclic amines) is 2. The predicted molar refractivity (Wildman–Crippen MR) is 128 cm³/mol. The van der Waals surface area contributed by atoms with E-state index >= 15 is 0 Å². The first kappa shape index (κ1) is 34.2. The molecule has 9 nitrogen and oxygen atoms in total. The average molecular weight is 604 g/mol. The van der Waals surface area contributed by atoms with Crippen molar-refractivity contribution in [2.75, 3.05) is 33.4 Å². The number of pyridine rings is 1. The van der Waals surface area contributed by atoms with Crippen molar-refractivity contribution in [2.24, 2.45) is 11.3 Å². The number of hydrogen-bond acceptors (Lipinski definition) is 6. The van der Waals surface area contributed by atoms with E-state index in [1.165, 1.54) is 5.56 Å². The van der Waals surface area contributed by atoms with Crippen molar-refractivity contribution in [1.29, 1.82) is 0 Å². The van der Waals surface area contributed by atoms with Gasteiger partial charge in [0.05, 0.1) is 6.61 Å². The zero-order valence-corrected chi connectivity index (χ0v) is 22.1. The molecule has 2 aliphatic heterocycles. The third kappa shape index (κ3) is 10.4. The minimum atomic E-state index is -5.08. The molecule has 41 heavy (non-hydrogen) atoms. The summed E-state index contributed by atoms with van der Waals surface area (Å²) in [4.78, 5) is 39.1. The van der Waals surface area contributed by atoms with Crippen LogP contribution < -0.4 is 0 Å². The summed E-state index contributed by atoms with van der Waals surface area (Å²) in [6, 6.07) is 4.52. The molecule has 0 bridgehead atoms. The Morgan fingerprint density at radius 2 is 1.59 bits per heavy atom. The van der Waals surface area contributed by atoms with Crippen LogP contribution in [0.25, 0.3) is 0 Å². The second-order valence-electron chi connectivity index (χ2n) is 10.3. The zero-order chi connectivity index (χ0) is 31.0. The van der Waals surface area contributed by atoms with Crippen molar-refractivity contribution in [3.05, 3.63) is 30.1 Å². The van der Waals surface area contributed by atoms with Crippen LogP contribution in [0, 0.1) is 11.3 Å². The predicted octanol–water partition coefficient (Wildman–Crippen LogP) is 3.93. The Bertz CT molecular complexity index is 987. The second kappa shape index (κ2) is 14.2. The highest BCUT2D eigenvalue weighted by Crippen LogP contribution is 2.44. The standard InChI is InChI=1S/C21H30FN3O2.2C2HF3O2/c1-27-14-19-11-21(15-25(19)13-16-3-2-6-23-12-16)4-7-24(8-5-21)20(26)17-9-18(22)10-17;2*3-2(4,5)1(6)7/h2-3,6,12,17-19H,4-5,7-11,13-15H2,1H3;2*(H,6,7). The van der Waals surface area contributed by atoms with Gasteiger partial charge in [0, 0.05) is 57.6 Å². The van der Waals surface area contributed by atoms with Gasteiger partial charge in [-0.2, -0.15) is 26.3 Å². The number of alkyl halides is 7. The Kier molecular flexibility index (Phi) is 11.9. The molecule has 232 valence electrons. The highest BCUT2D eigenvalue weighted by atomic mass is 19.4. The number of aromatic nitrogens is 1. The van der Waals surface area contributed by atoms with Gasteiger partial charge in [-0.25, -0.2) is 14.0 Å². The number of methoxy groups -OCH3 is 1. The van der Waals surface area contributed by atoms with Gasteiger partial charge in [0.25, 0.3) is 0 Å². The maximum absolute atomic E-state index is 13.1. The van der Waals surface area contributed by atoms with Crippen LogP contribution in [0.1, 0.15) is 37.7 Å². The molecule has 1 aliphatic carbocycles. The Balaban J connectivity index is 0.000000349. The number of carboxylic acids is 2. The van der Waals surface area contributed by atoms with Crippen molar-refractivity contribution in [3.63, 3.8) is 0 Å². The van der Waals surface area contributed by atoms with Crippen LogP contribution in [-0.2, 0) is 25.7 Å². The normalized spacial score (nSPS) is 23.9. The van der Waals surface area contributed by atoms with Crippen LogP contribution in [0.15, 0.2) is 24.5 Å². The van der Waals surface area contributed by atoms with E-state index in [0.29, 0.717) is 18.9 Å². The zero-order valence-electron chi connectivity index (χ0n) is 22.1. The molecule has 1 spiro atoms. The monoisotopic (exact) mass is 603 g/mol. The van der Waals surface area contributed by atoms with Crippen molar-refractivity contribution in [1.82, 2.24) is 14.8 Å². The molecule has 2 N–H and O–H groups in total. The number of hydrogen-bond donors (Lipinski definition) is 2. The molecular weight excluding hydrogens is 571 g/mol. The van der Waals surface area contributed by atoms with Crippen LogP contribution in [0.5, 0.6) is 0 Å². The van der Waals surface area contributed by atoms with Gasteiger partial charge in [-0.15, -0.1) is 0 Å². The number of rotatable bonds is 5. The molecule has 1 unspecified atom stereocenters. The third-order valence-corrected chi connectivity index (χ3v) is 7.24. The number of halogens is 7. The maximum Gasteiger partial charge on any atom is 0.490 e. The van der Waals surface area contributed by atoms with E-state index in [1.54, 1.807) is 7.11 Å². The first-order valence-electron chi connectivity index (χ1n) is 12.6. The molecule has 3 aliphatic rings. The summed E-state index contributed by atoms with van der Waals surface area (Å²) in [5.74, 6) is -5.40. The molecule has 0 radical (unpaired) electrons. The minimum Gasteiger partial charge on any atom is -0.475 e. The van der Waals surface area contributed by atoms with Gasteiger partial charge in [-0.3, -0.25) is 14.7 Å². The second-order valence-corrected chi connectivity index (χ2v) is 10.3. The summed E-state index contributed by atoms with van der Waals surface area (Å²) in [5.41, 5.74) is 1.50. The SMILES string of the molecule is COCC1CC2(CCN(C(=O)C3CC(F)C3)CC2)CN1Cc1cccnc1.O=C(O)C(F)(F)F.O=C(O)C(F)(F)F. The fraction of sp³-hybridized carbons (Fsp3) is 0.680. The quantitative estimate of drug-likeness (QED) is 0.486. The number of ether oxygens (including phenoxy) is 1. The number of carbonyl (C=O) groups is 3. The lowest BCUT2D eigenvalue weighted by atomic mass is 9.75. The highest BCUT2D eigenvalue weighted by Gasteiger charge is 2.47. The molecule has 1 atom stereocenters. The Morgan fingerprint density at radius 3 is 2.00 bits per heavy atom. The molecule has 4 rings (SSSR count). The van der Waals surface area contributed by atoms with E-state index in [4.69, 9.17) is 24.5 Å². The number of nitrogens with zero attached hydrogens (tertiary/aromatic N) is 3. The summed E-state index contributed by atoms with van der Waals surface area (Å²) in [6.45, 7) is 4.31. The molecule has 1 aromatic heterocycles. The molecule has 1 amide bonds. The van der Waals surface area contributed by atoms with E-state index in [9.17, 15) is 35.5 Å². The summed E-state index contributed by atoms with van der Waals surface area (Å²) >= 11 is 0. The van der Waals surface area contributed by atoms with Gasteiger partial charge in [-0.1, -0.05) is 6.07 Å². The van der Waals surface area contributed by atoms with Crippen LogP contribution >= 0.6 is 0 Å². The minimum absolute atomic E-state index is 0.0686. The van der Waals surface area contributed by atoms with Gasteiger partial charge in [0.15, 0.2) is 0 Å². The van der Waals surface area contributed by atoms with E-state index in [2.05, 4.69) is 16.0 Å². The first-order valence-corrected chi connectivity index (χ1v) is 12.6. The third-order valence-electron chi connectivity index (χ3n) is 7.24. The van der Waals surface area contributed by atoms with Gasteiger partial charge in [0.2, 0.25) is 5.91 Å². The smallest absolute Gasteiger partial charge is 0.475 e. The van der Waals surface area contributed by atoms with Gasteiger partial charge in [0.1, 0.15) is 6.17 Å². The van der Waals surface area contributed by atoms with E-state index < -0.39 is 30.5 Å². The van der Waals surface area contributed by atoms with Crippen LogP contribution in [0.3, 0.4) is 0 Å². The maximum atomic E-state index is 13.1. The van der Waals surface area contributed by atoms with E-state index in [-0.39, 0.29) is 17.2 Å². The van der Waals surface area contributed by atoms with Gasteiger partial charge >= 0.3 is 24.3 Å². The molecule has 2 saturated heterocycles. The van der Waals surface area contributed by atoms with Gasteiger partial charge < -0.3 is 19.8 Å². The summed E-state index contributed by atoms with van der Waals surface area (Å²) < 4.78 is 82.0.